The standard InChI is InChI=1S/C26H28N2O4/c1-18-7-9-22(10-8-18)26-28-27-24(32-26)15-16-25(30)31-17-23(29)21-13-11-20(12-14-21)19-5-3-2-4-6-19/h7-14,19H,2-6,15-17H2,1H3. The van der Waals surface area contributed by atoms with Gasteiger partial charge in [0, 0.05) is 17.5 Å². The van der Waals surface area contributed by atoms with Gasteiger partial charge in [0.2, 0.25) is 11.8 Å². The fourth-order valence-electron chi connectivity index (χ4n) is 4.06. The van der Waals surface area contributed by atoms with Crippen molar-refractivity contribution in [1.82, 2.24) is 10.2 Å². The predicted octanol–water partition coefficient (Wildman–Crippen LogP) is 5.45. The van der Waals surface area contributed by atoms with Crippen molar-refractivity contribution in [3.63, 3.8) is 0 Å². The minimum atomic E-state index is -0.465. The number of nitrogens with zero attached hydrogens (tertiary/aromatic N) is 2. The first-order valence-electron chi connectivity index (χ1n) is 11.3. The van der Waals surface area contributed by atoms with Crippen LogP contribution in [-0.2, 0) is 16.0 Å². The van der Waals surface area contributed by atoms with Gasteiger partial charge in [-0.25, -0.2) is 0 Å². The van der Waals surface area contributed by atoms with E-state index in [-0.39, 0.29) is 25.2 Å². The van der Waals surface area contributed by atoms with Crippen LogP contribution in [0, 0.1) is 6.92 Å². The van der Waals surface area contributed by atoms with Crippen LogP contribution in [0.3, 0.4) is 0 Å². The fourth-order valence-corrected chi connectivity index (χ4v) is 4.06. The second-order valence-electron chi connectivity index (χ2n) is 8.41. The SMILES string of the molecule is Cc1ccc(-c2nnc(CCC(=O)OCC(=O)c3ccc(C4CCCCC4)cc3)o2)cc1. The number of hydrogen-bond donors (Lipinski definition) is 0. The molecule has 6 heteroatoms. The van der Waals surface area contributed by atoms with Gasteiger partial charge in [0.1, 0.15) is 0 Å². The number of ketones is 1. The molecule has 0 spiro atoms. The summed E-state index contributed by atoms with van der Waals surface area (Å²) in [5.74, 6) is 0.713. The first kappa shape index (κ1) is 21.9. The number of hydrogen-bond acceptors (Lipinski definition) is 6. The number of ether oxygens (including phenoxy) is 1. The third kappa shape index (κ3) is 5.69. The zero-order valence-corrected chi connectivity index (χ0v) is 18.4. The maximum atomic E-state index is 12.4. The van der Waals surface area contributed by atoms with Crippen molar-refractivity contribution in [2.45, 2.75) is 57.8 Å². The quantitative estimate of drug-likeness (QED) is 0.348. The van der Waals surface area contributed by atoms with Crippen LogP contribution in [0.25, 0.3) is 11.5 Å². The minimum Gasteiger partial charge on any atom is -0.457 e. The third-order valence-corrected chi connectivity index (χ3v) is 5.98. The Bertz CT molecular complexity index is 1050. The normalized spacial score (nSPS) is 14.3. The van der Waals surface area contributed by atoms with Gasteiger partial charge in [-0.15, -0.1) is 10.2 Å². The summed E-state index contributed by atoms with van der Waals surface area (Å²) in [6, 6.07) is 15.5. The summed E-state index contributed by atoms with van der Waals surface area (Å²) in [5, 5.41) is 8.01. The maximum absolute atomic E-state index is 12.4. The highest BCUT2D eigenvalue weighted by Gasteiger charge is 2.17. The van der Waals surface area contributed by atoms with Crippen molar-refractivity contribution < 1.29 is 18.7 Å². The van der Waals surface area contributed by atoms with E-state index in [1.807, 2.05) is 55.5 Å². The van der Waals surface area contributed by atoms with Gasteiger partial charge in [-0.2, -0.15) is 0 Å². The van der Waals surface area contributed by atoms with Crippen LogP contribution in [0.2, 0.25) is 0 Å². The van der Waals surface area contributed by atoms with Crippen LogP contribution >= 0.6 is 0 Å². The van der Waals surface area contributed by atoms with Crippen LogP contribution in [-0.4, -0.2) is 28.6 Å². The number of rotatable bonds is 8. The van der Waals surface area contributed by atoms with Crippen molar-refractivity contribution in [2.75, 3.05) is 6.61 Å². The molecule has 2 aromatic carbocycles. The van der Waals surface area contributed by atoms with E-state index in [0.29, 0.717) is 23.3 Å². The van der Waals surface area contributed by atoms with E-state index in [1.54, 1.807) is 0 Å². The fraction of sp³-hybridized carbons (Fsp3) is 0.385. The molecule has 1 aliphatic carbocycles. The van der Waals surface area contributed by atoms with Gasteiger partial charge in [-0.05, 0) is 43.4 Å². The van der Waals surface area contributed by atoms with Gasteiger partial charge in [-0.3, -0.25) is 9.59 Å². The Balaban J connectivity index is 1.22. The molecule has 0 atom stereocenters. The third-order valence-electron chi connectivity index (χ3n) is 5.98. The molecule has 4 rings (SSSR count). The lowest BCUT2D eigenvalue weighted by molar-refractivity contribution is -0.142. The molecule has 0 N–H and O–H groups in total. The Kier molecular flexibility index (Phi) is 7.10. The summed E-state index contributed by atoms with van der Waals surface area (Å²) in [7, 11) is 0. The molecule has 6 nitrogen and oxygen atoms in total. The van der Waals surface area contributed by atoms with Crippen molar-refractivity contribution in [2.24, 2.45) is 0 Å². The number of carbonyl (C=O) groups excluding carboxylic acids is 2. The summed E-state index contributed by atoms with van der Waals surface area (Å²) in [6.45, 7) is 1.74. The molecule has 1 saturated carbocycles. The first-order valence-corrected chi connectivity index (χ1v) is 11.3. The van der Waals surface area contributed by atoms with Crippen LogP contribution in [0.1, 0.15) is 71.8 Å². The van der Waals surface area contributed by atoms with Gasteiger partial charge in [-0.1, -0.05) is 61.2 Å². The van der Waals surface area contributed by atoms with Crippen molar-refractivity contribution in [3.8, 4) is 11.5 Å². The van der Waals surface area contributed by atoms with Gasteiger partial charge in [0.05, 0.1) is 6.42 Å². The summed E-state index contributed by atoms with van der Waals surface area (Å²) >= 11 is 0. The van der Waals surface area contributed by atoms with Crippen LogP contribution < -0.4 is 0 Å². The monoisotopic (exact) mass is 432 g/mol. The summed E-state index contributed by atoms with van der Waals surface area (Å²) in [5.41, 5.74) is 3.84. The highest BCUT2D eigenvalue weighted by molar-refractivity contribution is 5.97. The topological polar surface area (TPSA) is 82.3 Å². The van der Waals surface area contributed by atoms with E-state index in [2.05, 4.69) is 10.2 Å². The van der Waals surface area contributed by atoms with Crippen molar-refractivity contribution in [1.29, 1.82) is 0 Å². The smallest absolute Gasteiger partial charge is 0.306 e. The second-order valence-corrected chi connectivity index (χ2v) is 8.41. The average molecular weight is 433 g/mol. The molecule has 0 aliphatic heterocycles. The van der Waals surface area contributed by atoms with Gasteiger partial charge < -0.3 is 9.15 Å². The molecule has 0 saturated heterocycles. The maximum Gasteiger partial charge on any atom is 0.306 e. The Morgan fingerprint density at radius 2 is 1.69 bits per heavy atom. The van der Waals surface area contributed by atoms with Crippen LogP contribution in [0.4, 0.5) is 0 Å². The summed E-state index contributed by atoms with van der Waals surface area (Å²) < 4.78 is 10.8. The van der Waals surface area contributed by atoms with Crippen molar-refractivity contribution >= 4 is 11.8 Å². The molecule has 1 fully saturated rings. The van der Waals surface area contributed by atoms with E-state index in [0.717, 1.165) is 11.1 Å². The average Bonchev–Trinajstić information content (AvgIpc) is 3.31. The lowest BCUT2D eigenvalue weighted by Crippen LogP contribution is -2.14. The number of carbonyl (C=O) groups is 2. The molecule has 32 heavy (non-hydrogen) atoms. The van der Waals surface area contributed by atoms with Crippen molar-refractivity contribution in [3.05, 3.63) is 71.1 Å². The van der Waals surface area contributed by atoms with Gasteiger partial charge >= 0.3 is 5.97 Å². The van der Waals surface area contributed by atoms with Gasteiger partial charge in [0.25, 0.3) is 0 Å². The van der Waals surface area contributed by atoms with Crippen LogP contribution in [0.5, 0.6) is 0 Å². The number of Topliss-reactive ketones (excluding diaryl/α,β-unsaturated/α-hetero) is 1. The van der Waals surface area contributed by atoms with E-state index in [9.17, 15) is 9.59 Å². The molecular formula is C26H28N2O4. The number of aryl methyl sites for hydroxylation is 2. The largest absolute Gasteiger partial charge is 0.457 e. The Morgan fingerprint density at radius 1 is 0.969 bits per heavy atom. The highest BCUT2D eigenvalue weighted by Crippen LogP contribution is 2.32. The summed E-state index contributed by atoms with van der Waals surface area (Å²) in [6.07, 6.45) is 6.65. The van der Waals surface area contributed by atoms with E-state index < -0.39 is 5.97 Å². The van der Waals surface area contributed by atoms with E-state index in [4.69, 9.17) is 9.15 Å². The zero-order valence-electron chi connectivity index (χ0n) is 18.4. The number of benzene rings is 2. The molecule has 1 heterocycles. The first-order chi connectivity index (χ1) is 15.6. The molecule has 1 aromatic heterocycles. The minimum absolute atomic E-state index is 0.0728. The molecule has 3 aromatic rings. The predicted molar refractivity (Wildman–Crippen MR) is 120 cm³/mol. The van der Waals surface area contributed by atoms with Crippen LogP contribution in [0.15, 0.2) is 52.9 Å². The van der Waals surface area contributed by atoms with Gasteiger partial charge in [0.15, 0.2) is 12.4 Å². The molecule has 0 amide bonds. The highest BCUT2D eigenvalue weighted by atomic mass is 16.5. The number of aromatic nitrogens is 2. The Labute approximate surface area is 188 Å². The lowest BCUT2D eigenvalue weighted by atomic mass is 9.84. The molecule has 166 valence electrons. The molecule has 0 radical (unpaired) electrons. The Hall–Kier alpha value is -3.28. The number of esters is 1. The molecular weight excluding hydrogens is 404 g/mol. The molecule has 0 unspecified atom stereocenters. The van der Waals surface area contributed by atoms with E-state index >= 15 is 0 Å². The lowest BCUT2D eigenvalue weighted by Gasteiger charge is -2.22. The zero-order chi connectivity index (χ0) is 22.3. The van der Waals surface area contributed by atoms with E-state index in [1.165, 1.54) is 37.7 Å². The second kappa shape index (κ2) is 10.4. The molecule has 0 bridgehead atoms. The summed E-state index contributed by atoms with van der Waals surface area (Å²) in [4.78, 5) is 24.4. The Morgan fingerprint density at radius 3 is 2.41 bits per heavy atom. The molecule has 1 aliphatic rings.